The highest BCUT2D eigenvalue weighted by Gasteiger charge is 2.28. The Balaban J connectivity index is 2.22. The molecule has 8 heteroatoms. The average Bonchev–Trinajstić information content (AvgIpc) is 2.91. The highest BCUT2D eigenvalue weighted by molar-refractivity contribution is 6.14. The SMILES string of the molecule is Cc1ccc(C(=O)c2c3ccc([N+](=O)[O-])cc3[n+]([O-])n2CCCN)cc1. The second kappa shape index (κ2) is 6.93. The van der Waals surface area contributed by atoms with Gasteiger partial charge in [-0.2, -0.15) is 0 Å². The maximum absolute atomic E-state index is 13.0. The van der Waals surface area contributed by atoms with E-state index in [4.69, 9.17) is 5.73 Å². The lowest BCUT2D eigenvalue weighted by Crippen LogP contribution is -2.39. The van der Waals surface area contributed by atoms with Crippen LogP contribution in [0.4, 0.5) is 5.69 Å². The van der Waals surface area contributed by atoms with Crippen LogP contribution >= 0.6 is 0 Å². The van der Waals surface area contributed by atoms with Crippen LogP contribution in [0.3, 0.4) is 0 Å². The zero-order chi connectivity index (χ0) is 18.8. The third kappa shape index (κ3) is 3.02. The molecule has 8 nitrogen and oxygen atoms in total. The number of fused-ring (bicyclic) bond motifs is 1. The standard InChI is InChI=1S/C18H18N4O4/c1-12-3-5-13(6-4-12)18(23)17-15-8-7-14(22(25)26)11-16(15)21(24)20(17)10-2-9-19/h3-8,11H,2,9-10,19H2,1H3. The Bertz CT molecular complexity index is 993. The van der Waals surface area contributed by atoms with E-state index < -0.39 is 4.92 Å². The Hall–Kier alpha value is -3.26. The van der Waals surface area contributed by atoms with Gasteiger partial charge < -0.3 is 10.9 Å². The van der Waals surface area contributed by atoms with E-state index in [2.05, 4.69) is 0 Å². The van der Waals surface area contributed by atoms with Crippen LogP contribution in [0.2, 0.25) is 0 Å². The summed E-state index contributed by atoms with van der Waals surface area (Å²) in [5, 5.41) is 24.1. The molecule has 0 radical (unpaired) electrons. The number of aromatic nitrogens is 2. The average molecular weight is 354 g/mol. The number of nitro benzene ring substituents is 1. The first-order chi connectivity index (χ1) is 12.4. The number of carbonyl (C=O) groups is 1. The number of nitro groups is 1. The first kappa shape index (κ1) is 17.6. The first-order valence-electron chi connectivity index (χ1n) is 8.16. The lowest BCUT2D eigenvalue weighted by atomic mass is 10.0. The zero-order valence-electron chi connectivity index (χ0n) is 14.2. The van der Waals surface area contributed by atoms with Gasteiger partial charge in [0.25, 0.3) is 11.2 Å². The summed E-state index contributed by atoms with van der Waals surface area (Å²) in [5.41, 5.74) is 7.10. The molecule has 0 fully saturated rings. The van der Waals surface area contributed by atoms with Crippen molar-refractivity contribution >= 4 is 22.4 Å². The molecule has 0 saturated heterocycles. The van der Waals surface area contributed by atoms with E-state index in [1.54, 1.807) is 12.1 Å². The third-order valence-corrected chi connectivity index (χ3v) is 4.23. The normalized spacial score (nSPS) is 11.0. The van der Waals surface area contributed by atoms with Gasteiger partial charge in [-0.3, -0.25) is 14.9 Å². The smallest absolute Gasteiger partial charge is 0.276 e. The Labute approximate surface area is 149 Å². The van der Waals surface area contributed by atoms with E-state index in [9.17, 15) is 20.1 Å². The molecule has 0 amide bonds. The van der Waals surface area contributed by atoms with Crippen molar-refractivity contribution in [2.24, 2.45) is 5.73 Å². The van der Waals surface area contributed by atoms with Gasteiger partial charge in [-0.1, -0.05) is 34.7 Å². The maximum Gasteiger partial charge on any atom is 0.276 e. The molecule has 0 saturated carbocycles. The first-order valence-corrected chi connectivity index (χ1v) is 8.16. The Morgan fingerprint density at radius 2 is 1.92 bits per heavy atom. The van der Waals surface area contributed by atoms with Crippen LogP contribution in [-0.2, 0) is 6.54 Å². The molecular formula is C18H18N4O4. The maximum atomic E-state index is 13.0. The van der Waals surface area contributed by atoms with Gasteiger partial charge in [-0.25, -0.2) is 0 Å². The van der Waals surface area contributed by atoms with Gasteiger partial charge in [-0.15, -0.1) is 4.68 Å². The number of ketones is 1. The van der Waals surface area contributed by atoms with Crippen molar-refractivity contribution in [1.82, 2.24) is 4.68 Å². The molecule has 0 aliphatic heterocycles. The molecule has 0 unspecified atom stereocenters. The number of nitrogens with zero attached hydrogens (tertiary/aromatic N) is 3. The van der Waals surface area contributed by atoms with Gasteiger partial charge in [-0.05, 0) is 26.0 Å². The summed E-state index contributed by atoms with van der Waals surface area (Å²) in [7, 11) is 0. The van der Waals surface area contributed by atoms with Crippen LogP contribution in [0.25, 0.3) is 10.9 Å². The van der Waals surface area contributed by atoms with Gasteiger partial charge in [0.05, 0.1) is 22.9 Å². The van der Waals surface area contributed by atoms with Crippen molar-refractivity contribution in [2.75, 3.05) is 6.54 Å². The molecule has 1 aromatic heterocycles. The summed E-state index contributed by atoms with van der Waals surface area (Å²) in [6.07, 6.45) is 0.500. The summed E-state index contributed by atoms with van der Waals surface area (Å²) in [5.74, 6) is -0.310. The van der Waals surface area contributed by atoms with Crippen molar-refractivity contribution in [3.8, 4) is 0 Å². The molecule has 2 N–H and O–H groups in total. The summed E-state index contributed by atoms with van der Waals surface area (Å²) in [6, 6.07) is 11.0. The minimum atomic E-state index is -0.571. The third-order valence-electron chi connectivity index (χ3n) is 4.23. The van der Waals surface area contributed by atoms with Crippen molar-refractivity contribution in [3.63, 3.8) is 0 Å². The topological polar surface area (TPSA) is 118 Å². The number of aryl methyl sites for hydroxylation is 1. The van der Waals surface area contributed by atoms with Gasteiger partial charge in [0.2, 0.25) is 5.78 Å². The van der Waals surface area contributed by atoms with E-state index in [1.165, 1.54) is 22.9 Å². The summed E-state index contributed by atoms with van der Waals surface area (Å²) < 4.78 is 1.30. The van der Waals surface area contributed by atoms with E-state index in [1.807, 2.05) is 19.1 Å². The Morgan fingerprint density at radius 1 is 1.23 bits per heavy atom. The number of carbonyl (C=O) groups excluding carboxylic acids is 1. The quantitative estimate of drug-likeness (QED) is 0.239. The molecule has 0 spiro atoms. The fraction of sp³-hybridized carbons (Fsp3) is 0.222. The van der Waals surface area contributed by atoms with E-state index in [-0.39, 0.29) is 29.2 Å². The number of non-ortho nitro benzene ring substituents is 1. The van der Waals surface area contributed by atoms with Crippen LogP contribution in [0.15, 0.2) is 42.5 Å². The molecule has 2 aromatic carbocycles. The predicted octanol–water partition coefficient (Wildman–Crippen LogP) is 2.07. The molecule has 26 heavy (non-hydrogen) atoms. The Kier molecular flexibility index (Phi) is 4.68. The van der Waals surface area contributed by atoms with Crippen LogP contribution in [-0.4, -0.2) is 21.9 Å². The monoisotopic (exact) mass is 354 g/mol. The van der Waals surface area contributed by atoms with Crippen molar-refractivity contribution in [1.29, 1.82) is 0 Å². The molecule has 0 aliphatic rings. The highest BCUT2D eigenvalue weighted by Crippen LogP contribution is 2.24. The van der Waals surface area contributed by atoms with Gasteiger partial charge in [0.1, 0.15) is 0 Å². The number of hydrogen-bond donors (Lipinski definition) is 1. The fourth-order valence-corrected chi connectivity index (χ4v) is 2.88. The number of rotatable bonds is 6. The van der Waals surface area contributed by atoms with Gasteiger partial charge >= 0.3 is 0 Å². The van der Waals surface area contributed by atoms with Crippen LogP contribution in [0, 0.1) is 22.2 Å². The summed E-state index contributed by atoms with van der Waals surface area (Å²) in [6.45, 7) is 2.51. The summed E-state index contributed by atoms with van der Waals surface area (Å²) >= 11 is 0. The fourth-order valence-electron chi connectivity index (χ4n) is 2.88. The van der Waals surface area contributed by atoms with Crippen LogP contribution in [0.1, 0.15) is 28.0 Å². The molecule has 0 atom stereocenters. The minimum absolute atomic E-state index is 0.0895. The Morgan fingerprint density at radius 3 is 2.54 bits per heavy atom. The number of benzene rings is 2. The molecule has 3 aromatic rings. The number of nitrogens with two attached hydrogens (primary N) is 1. The van der Waals surface area contributed by atoms with Crippen LogP contribution < -0.4 is 10.6 Å². The lowest BCUT2D eigenvalue weighted by molar-refractivity contribution is -0.670. The summed E-state index contributed by atoms with van der Waals surface area (Å²) in [4.78, 5) is 24.0. The van der Waals surface area contributed by atoms with E-state index in [0.29, 0.717) is 28.8 Å². The van der Waals surface area contributed by atoms with E-state index in [0.717, 1.165) is 5.56 Å². The zero-order valence-corrected chi connectivity index (χ0v) is 14.2. The predicted molar refractivity (Wildman–Crippen MR) is 95.8 cm³/mol. The number of hydrogen-bond acceptors (Lipinski definition) is 5. The highest BCUT2D eigenvalue weighted by atomic mass is 16.6. The molecule has 0 aliphatic carbocycles. The second-order valence-corrected chi connectivity index (χ2v) is 6.04. The van der Waals surface area contributed by atoms with Crippen molar-refractivity contribution in [2.45, 2.75) is 19.9 Å². The van der Waals surface area contributed by atoms with Crippen molar-refractivity contribution in [3.05, 3.63) is 74.6 Å². The largest absolute Gasteiger partial charge is 0.595 e. The molecule has 134 valence electrons. The molecular weight excluding hydrogens is 336 g/mol. The van der Waals surface area contributed by atoms with Gasteiger partial charge in [0, 0.05) is 11.6 Å². The second-order valence-electron chi connectivity index (χ2n) is 6.04. The molecule has 1 heterocycles. The lowest BCUT2D eigenvalue weighted by Gasteiger charge is -2.07. The van der Waals surface area contributed by atoms with E-state index >= 15 is 0 Å². The van der Waals surface area contributed by atoms with Crippen molar-refractivity contribution < 1.29 is 14.6 Å². The molecule has 3 rings (SSSR count). The molecule has 0 bridgehead atoms. The minimum Gasteiger partial charge on any atom is -0.595 e. The van der Waals surface area contributed by atoms with Crippen LogP contribution in [0.5, 0.6) is 0 Å². The van der Waals surface area contributed by atoms with Gasteiger partial charge in [0.15, 0.2) is 5.69 Å².